The van der Waals surface area contributed by atoms with E-state index < -0.39 is 0 Å². The van der Waals surface area contributed by atoms with Crippen molar-refractivity contribution in [1.82, 2.24) is 19.6 Å². The quantitative estimate of drug-likeness (QED) is 0.457. The molecule has 7 heteroatoms. The molecular formula is C18H16N6O. The van der Waals surface area contributed by atoms with Gasteiger partial charge in [0.2, 0.25) is 5.82 Å². The average molecular weight is 332 g/mol. The number of nitrogens with one attached hydrogen (secondary N) is 1. The SMILES string of the molecule is Cc1ccc(/C=N/Nc2cc(C)nc3nc(-c4ccco4)nn23)cc1. The average Bonchev–Trinajstić information content (AvgIpc) is 3.25. The van der Waals surface area contributed by atoms with E-state index in [2.05, 4.69) is 32.5 Å². The van der Waals surface area contributed by atoms with Crippen molar-refractivity contribution >= 4 is 17.8 Å². The molecule has 0 saturated heterocycles. The number of rotatable bonds is 4. The van der Waals surface area contributed by atoms with Gasteiger partial charge < -0.3 is 4.42 Å². The second-order valence-electron chi connectivity index (χ2n) is 5.69. The Morgan fingerprint density at radius 2 is 1.96 bits per heavy atom. The van der Waals surface area contributed by atoms with Gasteiger partial charge in [0.15, 0.2) is 11.6 Å². The number of hydrazone groups is 1. The van der Waals surface area contributed by atoms with Crippen LogP contribution in [0.4, 0.5) is 5.82 Å². The fourth-order valence-electron chi connectivity index (χ4n) is 2.40. The third-order valence-corrected chi connectivity index (χ3v) is 3.65. The van der Waals surface area contributed by atoms with Gasteiger partial charge in [-0.15, -0.1) is 5.10 Å². The molecule has 25 heavy (non-hydrogen) atoms. The minimum absolute atomic E-state index is 0.480. The maximum Gasteiger partial charge on any atom is 0.255 e. The molecule has 0 aliphatic rings. The van der Waals surface area contributed by atoms with E-state index in [9.17, 15) is 0 Å². The molecule has 0 unspecified atom stereocenters. The fourth-order valence-corrected chi connectivity index (χ4v) is 2.40. The van der Waals surface area contributed by atoms with Gasteiger partial charge in [0.25, 0.3) is 5.78 Å². The van der Waals surface area contributed by atoms with Crippen molar-refractivity contribution in [1.29, 1.82) is 0 Å². The Labute approximate surface area is 144 Å². The summed E-state index contributed by atoms with van der Waals surface area (Å²) in [6.07, 6.45) is 3.34. The molecule has 0 aliphatic heterocycles. The van der Waals surface area contributed by atoms with E-state index in [1.165, 1.54) is 5.56 Å². The van der Waals surface area contributed by atoms with Gasteiger partial charge in [-0.05, 0) is 31.5 Å². The topological polar surface area (TPSA) is 80.6 Å². The van der Waals surface area contributed by atoms with E-state index >= 15 is 0 Å². The number of hydrogen-bond acceptors (Lipinski definition) is 6. The molecule has 3 aromatic heterocycles. The van der Waals surface area contributed by atoms with E-state index in [1.807, 2.05) is 43.3 Å². The van der Waals surface area contributed by atoms with Gasteiger partial charge in [0, 0.05) is 11.8 Å². The zero-order chi connectivity index (χ0) is 17.2. The second kappa shape index (κ2) is 6.20. The van der Waals surface area contributed by atoms with E-state index in [0.29, 0.717) is 23.2 Å². The predicted molar refractivity (Wildman–Crippen MR) is 95.6 cm³/mol. The van der Waals surface area contributed by atoms with E-state index in [1.54, 1.807) is 23.1 Å². The smallest absolute Gasteiger partial charge is 0.255 e. The minimum Gasteiger partial charge on any atom is -0.461 e. The molecule has 0 atom stereocenters. The highest BCUT2D eigenvalue weighted by molar-refractivity contribution is 5.80. The molecule has 4 aromatic rings. The summed E-state index contributed by atoms with van der Waals surface area (Å²) < 4.78 is 6.96. The van der Waals surface area contributed by atoms with Gasteiger partial charge >= 0.3 is 0 Å². The van der Waals surface area contributed by atoms with Crippen LogP contribution in [-0.2, 0) is 0 Å². The summed E-state index contributed by atoms with van der Waals surface area (Å²) >= 11 is 0. The van der Waals surface area contributed by atoms with Gasteiger partial charge in [-0.1, -0.05) is 29.8 Å². The number of furan rings is 1. The lowest BCUT2D eigenvalue weighted by atomic mass is 10.2. The van der Waals surface area contributed by atoms with Crippen molar-refractivity contribution < 1.29 is 4.42 Å². The Hall–Kier alpha value is -3.48. The molecule has 124 valence electrons. The lowest BCUT2D eigenvalue weighted by Crippen LogP contribution is -2.02. The van der Waals surface area contributed by atoms with Gasteiger partial charge in [-0.25, -0.2) is 4.98 Å². The predicted octanol–water partition coefficient (Wildman–Crippen LogP) is 3.45. The molecule has 3 heterocycles. The lowest BCUT2D eigenvalue weighted by Gasteiger charge is -2.03. The normalized spacial score (nSPS) is 11.4. The van der Waals surface area contributed by atoms with Gasteiger partial charge in [-0.2, -0.15) is 14.6 Å². The van der Waals surface area contributed by atoms with Crippen molar-refractivity contribution in [2.24, 2.45) is 5.10 Å². The van der Waals surface area contributed by atoms with Crippen LogP contribution in [0.2, 0.25) is 0 Å². The Balaban J connectivity index is 1.65. The summed E-state index contributed by atoms with van der Waals surface area (Å²) in [7, 11) is 0. The van der Waals surface area contributed by atoms with Crippen LogP contribution >= 0.6 is 0 Å². The van der Waals surface area contributed by atoms with Gasteiger partial charge in [-0.3, -0.25) is 5.43 Å². The molecule has 1 N–H and O–H groups in total. The van der Waals surface area contributed by atoms with Gasteiger partial charge in [0.1, 0.15) is 0 Å². The largest absolute Gasteiger partial charge is 0.461 e. The molecular weight excluding hydrogens is 316 g/mol. The first-order valence-electron chi connectivity index (χ1n) is 7.83. The number of anilines is 1. The molecule has 1 aromatic carbocycles. The van der Waals surface area contributed by atoms with Crippen LogP contribution in [-0.4, -0.2) is 25.8 Å². The highest BCUT2D eigenvalue weighted by atomic mass is 16.3. The molecule has 4 rings (SSSR count). The standard InChI is InChI=1S/C18H16N6O/c1-12-5-7-14(8-6-12)11-19-22-16-10-13(2)20-18-21-17(23-24(16)18)15-4-3-9-25-15/h3-11,22H,1-2H3/b19-11+. The highest BCUT2D eigenvalue weighted by Gasteiger charge is 2.12. The van der Waals surface area contributed by atoms with Crippen molar-refractivity contribution in [2.75, 3.05) is 5.43 Å². The molecule has 0 amide bonds. The maximum absolute atomic E-state index is 5.35. The summed E-state index contributed by atoms with van der Waals surface area (Å²) in [5, 5.41) is 8.74. The van der Waals surface area contributed by atoms with Crippen molar-refractivity contribution in [3.8, 4) is 11.6 Å². The molecule has 7 nitrogen and oxygen atoms in total. The highest BCUT2D eigenvalue weighted by Crippen LogP contribution is 2.18. The Morgan fingerprint density at radius 3 is 2.72 bits per heavy atom. The Kier molecular flexibility index (Phi) is 3.74. The van der Waals surface area contributed by atoms with Crippen LogP contribution in [0.3, 0.4) is 0 Å². The second-order valence-corrected chi connectivity index (χ2v) is 5.69. The number of aromatic nitrogens is 4. The first-order valence-corrected chi connectivity index (χ1v) is 7.83. The molecule has 0 radical (unpaired) electrons. The van der Waals surface area contributed by atoms with E-state index in [-0.39, 0.29) is 0 Å². The molecule has 0 saturated carbocycles. The number of benzene rings is 1. The zero-order valence-corrected chi connectivity index (χ0v) is 13.8. The molecule has 0 fully saturated rings. The Morgan fingerprint density at radius 1 is 1.12 bits per heavy atom. The van der Waals surface area contributed by atoms with Crippen LogP contribution < -0.4 is 5.43 Å². The van der Waals surface area contributed by atoms with Crippen LogP contribution in [0.5, 0.6) is 0 Å². The third-order valence-electron chi connectivity index (χ3n) is 3.65. The van der Waals surface area contributed by atoms with Crippen molar-refractivity contribution in [3.05, 3.63) is 65.5 Å². The zero-order valence-electron chi connectivity index (χ0n) is 13.8. The molecule has 0 spiro atoms. The molecule has 0 aliphatic carbocycles. The first kappa shape index (κ1) is 15.1. The monoisotopic (exact) mass is 332 g/mol. The summed E-state index contributed by atoms with van der Waals surface area (Å²) in [5.74, 6) is 2.24. The van der Waals surface area contributed by atoms with Crippen molar-refractivity contribution in [3.63, 3.8) is 0 Å². The fraction of sp³-hybridized carbons (Fsp3) is 0.111. The minimum atomic E-state index is 0.480. The van der Waals surface area contributed by atoms with Crippen molar-refractivity contribution in [2.45, 2.75) is 13.8 Å². The van der Waals surface area contributed by atoms with Crippen LogP contribution in [0.15, 0.2) is 58.2 Å². The summed E-state index contributed by atoms with van der Waals surface area (Å²) in [4.78, 5) is 8.81. The number of hydrogen-bond donors (Lipinski definition) is 1. The lowest BCUT2D eigenvalue weighted by molar-refractivity contribution is 0.577. The summed E-state index contributed by atoms with van der Waals surface area (Å²) in [5.41, 5.74) is 6.05. The third kappa shape index (κ3) is 3.12. The van der Waals surface area contributed by atoms with Crippen LogP contribution in [0, 0.1) is 13.8 Å². The van der Waals surface area contributed by atoms with E-state index in [4.69, 9.17) is 4.42 Å². The number of fused-ring (bicyclic) bond motifs is 1. The number of aryl methyl sites for hydroxylation is 2. The van der Waals surface area contributed by atoms with E-state index in [0.717, 1.165) is 11.3 Å². The first-order chi connectivity index (χ1) is 12.2. The van der Waals surface area contributed by atoms with Crippen LogP contribution in [0.1, 0.15) is 16.8 Å². The number of nitrogens with zero attached hydrogens (tertiary/aromatic N) is 5. The maximum atomic E-state index is 5.35. The summed E-state index contributed by atoms with van der Waals surface area (Å²) in [6.45, 7) is 3.95. The Bertz CT molecular complexity index is 1030. The van der Waals surface area contributed by atoms with Crippen LogP contribution in [0.25, 0.3) is 17.4 Å². The summed E-state index contributed by atoms with van der Waals surface area (Å²) in [6, 6.07) is 13.6. The van der Waals surface area contributed by atoms with Gasteiger partial charge in [0.05, 0.1) is 12.5 Å². The molecule has 0 bridgehead atoms.